The van der Waals surface area contributed by atoms with Crippen LogP contribution in [0.4, 0.5) is 0 Å². The van der Waals surface area contributed by atoms with Crippen LogP contribution in [0.5, 0.6) is 0 Å². The summed E-state index contributed by atoms with van der Waals surface area (Å²) in [7, 11) is 0. The summed E-state index contributed by atoms with van der Waals surface area (Å²) >= 11 is 0. The highest BCUT2D eigenvalue weighted by atomic mass is 16.6. The lowest BCUT2D eigenvalue weighted by Crippen LogP contribution is -2.62. The van der Waals surface area contributed by atoms with Gasteiger partial charge in [-0.1, -0.05) is 77.0 Å². The Balaban J connectivity index is 0.580. The minimum Gasteiger partial charge on any atom is -0.479 e. The molecule has 18 fully saturated rings. The fraction of sp³-hybridized carbons (Fsp3) is 0.957. The highest BCUT2D eigenvalue weighted by molar-refractivity contribution is 5.89. The molecule has 16 bridgehead atoms. The third-order valence-electron chi connectivity index (χ3n) is 29.5. The molecular formula is C70H116N16O7. The molecule has 0 aromatic carbocycles. The number of ether oxygens (including phenoxy) is 2. The van der Waals surface area contributed by atoms with E-state index in [1.165, 1.54) is 141 Å². The molecule has 18 N–H and O–H groups in total. The second-order valence-corrected chi connectivity index (χ2v) is 34.1. The van der Waals surface area contributed by atoms with Crippen LogP contribution in [0.3, 0.4) is 0 Å². The van der Waals surface area contributed by atoms with Crippen molar-refractivity contribution in [2.75, 3.05) is 0 Å². The number of hydrogen-bond donors (Lipinski definition) is 18. The number of carboxylic acids is 1. The number of rotatable bonds is 7. The average molecular weight is 1290 g/mol. The molecule has 0 aromatic rings. The van der Waals surface area contributed by atoms with Gasteiger partial charge in [-0.2, -0.15) is 0 Å². The lowest BCUT2D eigenvalue weighted by atomic mass is 9.75. The Labute approximate surface area is 551 Å². The van der Waals surface area contributed by atoms with E-state index in [9.17, 15) is 24.6 Å². The van der Waals surface area contributed by atoms with Crippen LogP contribution in [-0.4, -0.2) is 145 Å². The maximum absolute atomic E-state index is 14.7. The SMILES string of the molecule is O=C(CC(O)(CC(=O)OC1CCCC2C3NC4NC(NC5NC(NC6NC(NC(N3)C12)C1CCCCC61)C1CCCCC51)C1CCCCC41)C(=O)O)OC1CCCC2C3NC4NC(NC5NC(NC6NC(NC(N3)C12)C1CCCCC61)C1CCCCC51)C1CCCCC41. The minimum absolute atomic E-state index is 0.0409. The van der Waals surface area contributed by atoms with Crippen molar-refractivity contribution in [2.24, 2.45) is 94.7 Å². The first-order valence-corrected chi connectivity index (χ1v) is 39.0. The Bertz CT molecular complexity index is 2540. The molecule has 0 radical (unpaired) electrons. The van der Waals surface area contributed by atoms with Crippen LogP contribution < -0.4 is 85.1 Å². The van der Waals surface area contributed by atoms with Crippen LogP contribution in [0.15, 0.2) is 0 Å². The summed E-state index contributed by atoms with van der Waals surface area (Å²) in [6.45, 7) is 0. The van der Waals surface area contributed by atoms with E-state index in [0.717, 1.165) is 38.5 Å². The molecule has 93 heavy (non-hydrogen) atoms. The van der Waals surface area contributed by atoms with Crippen LogP contribution in [0.2, 0.25) is 0 Å². The van der Waals surface area contributed by atoms with E-state index < -0.39 is 48.6 Å². The highest BCUT2D eigenvalue weighted by Crippen LogP contribution is 2.50. The number of aliphatic hydroxyl groups is 1. The van der Waals surface area contributed by atoms with Gasteiger partial charge < -0.3 is 19.7 Å². The lowest BCUT2D eigenvalue weighted by molar-refractivity contribution is -0.179. The number of carbonyl (C=O) groups is 3. The van der Waals surface area contributed by atoms with Gasteiger partial charge in [-0.3, -0.25) is 94.7 Å². The van der Waals surface area contributed by atoms with Crippen LogP contribution in [0.25, 0.3) is 0 Å². The molecule has 0 spiro atoms. The Morgan fingerprint density at radius 2 is 0.430 bits per heavy atom. The van der Waals surface area contributed by atoms with Crippen molar-refractivity contribution in [1.82, 2.24) is 85.1 Å². The smallest absolute Gasteiger partial charge is 0.336 e. The second-order valence-electron chi connectivity index (χ2n) is 34.1. The summed E-state index contributed by atoms with van der Waals surface area (Å²) in [6, 6.07) is 0. The quantitative estimate of drug-likeness (QED) is 0.163. The second kappa shape index (κ2) is 26.0. The number of carboxylic acid groups (broad SMARTS) is 1. The largest absolute Gasteiger partial charge is 0.479 e. The number of carbonyl (C=O) groups excluding carboxylic acids is 2. The van der Waals surface area contributed by atoms with Gasteiger partial charge >= 0.3 is 17.9 Å². The molecule has 8 saturated carbocycles. The summed E-state index contributed by atoms with van der Waals surface area (Å²) in [5.74, 6) is 3.01. The molecule has 0 amide bonds. The summed E-state index contributed by atoms with van der Waals surface area (Å²) in [4.78, 5) is 42.8. The Morgan fingerprint density at radius 1 is 0.258 bits per heavy atom. The van der Waals surface area contributed by atoms with Crippen molar-refractivity contribution in [3.05, 3.63) is 0 Å². The van der Waals surface area contributed by atoms with Crippen molar-refractivity contribution < 1.29 is 34.1 Å². The van der Waals surface area contributed by atoms with Crippen molar-refractivity contribution in [2.45, 2.75) is 322 Å². The third kappa shape index (κ3) is 11.6. The summed E-state index contributed by atoms with van der Waals surface area (Å²) in [5, 5.41) is 90.2. The van der Waals surface area contributed by atoms with Gasteiger partial charge in [0.25, 0.3) is 0 Å². The molecule has 34 atom stereocenters. The monoisotopic (exact) mass is 1290 g/mol. The summed E-state index contributed by atoms with van der Waals surface area (Å²) in [5.41, 5.74) is -2.73. The van der Waals surface area contributed by atoms with Crippen LogP contribution in [0, 0.1) is 94.7 Å². The number of nitrogens with one attached hydrogen (secondary N) is 16. The van der Waals surface area contributed by atoms with Crippen LogP contribution in [-0.2, 0) is 23.9 Å². The number of aliphatic carboxylic acids is 1. The molecule has 0 aromatic heterocycles. The zero-order valence-electron chi connectivity index (χ0n) is 55.2. The van der Waals surface area contributed by atoms with Gasteiger partial charge in [0, 0.05) is 11.8 Å². The van der Waals surface area contributed by atoms with E-state index in [1.54, 1.807) is 0 Å². The molecule has 518 valence electrons. The fourth-order valence-corrected chi connectivity index (χ4v) is 25.4. The number of fused-ring (bicyclic) bond motifs is 40. The topological polar surface area (TPSA) is 303 Å². The van der Waals surface area contributed by atoms with E-state index in [-0.39, 0.29) is 122 Å². The molecule has 8 aliphatic carbocycles. The zero-order valence-corrected chi connectivity index (χ0v) is 55.2. The normalized spacial score (nSPS) is 53.5. The van der Waals surface area contributed by atoms with Gasteiger partial charge in [0.1, 0.15) is 12.2 Å². The first kappa shape index (κ1) is 62.9. The molecule has 18 aliphatic rings. The number of hydrogen-bond acceptors (Lipinski definition) is 22. The number of esters is 2. The first-order chi connectivity index (χ1) is 45.5. The predicted molar refractivity (Wildman–Crippen MR) is 347 cm³/mol. The fourth-order valence-electron chi connectivity index (χ4n) is 25.4. The summed E-state index contributed by atoms with van der Waals surface area (Å²) in [6.07, 6.45) is 33.1. The molecular weight excluding hydrogens is 1180 g/mol. The molecule has 10 heterocycles. The van der Waals surface area contributed by atoms with E-state index in [4.69, 9.17) is 9.47 Å². The third-order valence-corrected chi connectivity index (χ3v) is 29.5. The van der Waals surface area contributed by atoms with Gasteiger partial charge in [-0.15, -0.1) is 0 Å². The molecule has 34 unspecified atom stereocenters. The van der Waals surface area contributed by atoms with Crippen molar-refractivity contribution in [1.29, 1.82) is 0 Å². The molecule has 23 heteroatoms. The van der Waals surface area contributed by atoms with Crippen molar-refractivity contribution in [3.8, 4) is 0 Å². The van der Waals surface area contributed by atoms with Crippen LogP contribution >= 0.6 is 0 Å². The van der Waals surface area contributed by atoms with Gasteiger partial charge in [0.2, 0.25) is 0 Å². The van der Waals surface area contributed by atoms with E-state index in [0.29, 0.717) is 83.9 Å². The average Bonchev–Trinajstić information content (AvgIpc) is 1.63. The molecule has 18 rings (SSSR count). The Hall–Kier alpha value is -2.27. The predicted octanol–water partition coefficient (Wildman–Crippen LogP) is 2.86. The molecule has 23 nitrogen and oxygen atoms in total. The van der Waals surface area contributed by atoms with Gasteiger partial charge in [0.15, 0.2) is 5.60 Å². The van der Waals surface area contributed by atoms with Crippen molar-refractivity contribution >= 4 is 17.9 Å². The van der Waals surface area contributed by atoms with Gasteiger partial charge in [-0.05, 0) is 198 Å². The Kier molecular flexibility index (Phi) is 17.6. The maximum Gasteiger partial charge on any atom is 0.336 e. The zero-order chi connectivity index (χ0) is 62.2. The first-order valence-electron chi connectivity index (χ1n) is 39.0. The van der Waals surface area contributed by atoms with E-state index in [2.05, 4.69) is 85.1 Å². The highest BCUT2D eigenvalue weighted by Gasteiger charge is 2.60. The van der Waals surface area contributed by atoms with Gasteiger partial charge in [0.05, 0.1) is 111 Å². The van der Waals surface area contributed by atoms with Gasteiger partial charge in [-0.25, -0.2) is 4.79 Å². The van der Waals surface area contributed by atoms with Crippen molar-refractivity contribution in [3.63, 3.8) is 0 Å². The van der Waals surface area contributed by atoms with E-state index in [1.807, 2.05) is 0 Å². The van der Waals surface area contributed by atoms with E-state index >= 15 is 0 Å². The standard InChI is InChI=1S/C70H116N16O7/c87-49(92-47-29-13-27-45-51(47)67-83-63-43-25-11-9-23-41(43)59(79-63)75-55-35-17-3-1-15-33(35)53(71-55)73-57-37-19-5-7-21-39(37)61(77-57)81-65(45)85-67)31-70(91,69(89)90)32-50(88)93-48-30-14-28-46-52(48)68-84-64-44-26-12-10-24-42(44)60(80-64)76-56-36-18-4-2-16-34(36)54(72-56)74-58-38-20-6-8-22-40(38)62(78-58)82-66(46)86-68/h33-48,51-68,71-86,91H,1-32H2,(H,89,90). The minimum atomic E-state index is -2.73. The summed E-state index contributed by atoms with van der Waals surface area (Å²) < 4.78 is 13.2. The molecule has 10 aliphatic heterocycles. The lowest BCUT2D eigenvalue weighted by Gasteiger charge is -2.39. The maximum atomic E-state index is 14.7. The molecule has 10 saturated heterocycles. The van der Waals surface area contributed by atoms with Crippen LogP contribution in [0.1, 0.15) is 205 Å². The Morgan fingerprint density at radius 3 is 0.624 bits per heavy atom.